The van der Waals surface area contributed by atoms with Gasteiger partial charge in [0.1, 0.15) is 5.75 Å². The van der Waals surface area contributed by atoms with Gasteiger partial charge in [0.15, 0.2) is 17.1 Å². The molecule has 0 fully saturated rings. The number of thioether (sulfide) groups is 1. The number of aromatic nitrogens is 3. The Kier molecular flexibility index (Phi) is 5.07. The molecule has 0 aliphatic rings. The zero-order chi connectivity index (χ0) is 16.3. The fraction of sp³-hybridized carbons (Fsp3) is 0.400. The molecule has 2 N–H and O–H groups in total. The molecule has 0 bridgehead atoms. The Labute approximate surface area is 134 Å². The van der Waals surface area contributed by atoms with Crippen molar-refractivity contribution in [2.75, 3.05) is 5.75 Å². The summed E-state index contributed by atoms with van der Waals surface area (Å²) in [6.07, 6.45) is -0.248. The fourth-order valence-electron chi connectivity index (χ4n) is 2.12. The standard InChI is InChI=1S/C15H20N4O2S/c1-9-5-6-12(10(2)7-9)21-11(3)14-17-18-15(19(14)4)22-8-13(16)20/h5-7,11H,8H2,1-4H3,(H2,16,20)/t11-/m1/s1. The zero-order valence-electron chi connectivity index (χ0n) is 13.2. The van der Waals surface area contributed by atoms with Gasteiger partial charge in [0, 0.05) is 7.05 Å². The lowest BCUT2D eigenvalue weighted by atomic mass is 10.1. The Balaban J connectivity index is 2.12. The molecule has 0 unspecified atom stereocenters. The molecule has 1 amide bonds. The van der Waals surface area contributed by atoms with Crippen molar-refractivity contribution in [3.05, 3.63) is 35.2 Å². The number of carbonyl (C=O) groups excluding carboxylic acids is 1. The number of nitrogens with zero attached hydrogens (tertiary/aromatic N) is 3. The molecule has 22 heavy (non-hydrogen) atoms. The number of amides is 1. The normalized spacial score (nSPS) is 12.2. The van der Waals surface area contributed by atoms with Crippen molar-refractivity contribution in [1.29, 1.82) is 0 Å². The minimum atomic E-state index is -0.380. The summed E-state index contributed by atoms with van der Waals surface area (Å²) >= 11 is 1.26. The van der Waals surface area contributed by atoms with Gasteiger partial charge in [-0.15, -0.1) is 10.2 Å². The molecule has 0 radical (unpaired) electrons. The molecule has 6 nitrogen and oxygen atoms in total. The number of primary amides is 1. The topological polar surface area (TPSA) is 83.0 Å². The maximum atomic E-state index is 10.8. The molecule has 0 saturated heterocycles. The highest BCUT2D eigenvalue weighted by Crippen LogP contribution is 2.26. The molecule has 0 spiro atoms. The molecule has 1 heterocycles. The van der Waals surface area contributed by atoms with Crippen LogP contribution < -0.4 is 10.5 Å². The summed E-state index contributed by atoms with van der Waals surface area (Å²) in [5.41, 5.74) is 7.42. The molecular formula is C15H20N4O2S. The van der Waals surface area contributed by atoms with Crippen molar-refractivity contribution in [2.24, 2.45) is 12.8 Å². The first-order valence-corrected chi connectivity index (χ1v) is 7.91. The molecule has 7 heteroatoms. The second-order valence-corrected chi connectivity index (χ2v) is 6.13. The van der Waals surface area contributed by atoms with E-state index in [1.807, 2.05) is 44.5 Å². The molecule has 2 rings (SSSR count). The molecule has 2 aromatic rings. The number of hydrogen-bond acceptors (Lipinski definition) is 5. The average Bonchev–Trinajstić information content (AvgIpc) is 2.81. The summed E-state index contributed by atoms with van der Waals surface area (Å²) in [4.78, 5) is 10.8. The number of carbonyl (C=O) groups is 1. The van der Waals surface area contributed by atoms with Crippen molar-refractivity contribution in [2.45, 2.75) is 32.0 Å². The number of benzene rings is 1. The summed E-state index contributed by atoms with van der Waals surface area (Å²) < 4.78 is 7.80. The minimum Gasteiger partial charge on any atom is -0.482 e. The lowest BCUT2D eigenvalue weighted by Crippen LogP contribution is -2.14. The van der Waals surface area contributed by atoms with Crippen LogP contribution >= 0.6 is 11.8 Å². The fourth-order valence-corrected chi connectivity index (χ4v) is 2.77. The SMILES string of the molecule is Cc1ccc(O[C@H](C)c2nnc(SCC(N)=O)n2C)c(C)c1. The van der Waals surface area contributed by atoms with E-state index in [-0.39, 0.29) is 17.8 Å². The molecule has 1 aromatic carbocycles. The molecule has 118 valence electrons. The van der Waals surface area contributed by atoms with E-state index in [1.54, 1.807) is 0 Å². The Hall–Kier alpha value is -2.02. The third-order valence-corrected chi connectivity index (χ3v) is 4.25. The van der Waals surface area contributed by atoms with Crippen molar-refractivity contribution >= 4 is 17.7 Å². The first kappa shape index (κ1) is 16.4. The van der Waals surface area contributed by atoms with E-state index in [4.69, 9.17) is 10.5 Å². The van der Waals surface area contributed by atoms with Crippen molar-refractivity contribution in [1.82, 2.24) is 14.8 Å². The zero-order valence-corrected chi connectivity index (χ0v) is 14.0. The van der Waals surface area contributed by atoms with E-state index < -0.39 is 0 Å². The van der Waals surface area contributed by atoms with E-state index >= 15 is 0 Å². The van der Waals surface area contributed by atoms with Crippen molar-refractivity contribution in [3.63, 3.8) is 0 Å². The van der Waals surface area contributed by atoms with Crippen LogP contribution in [-0.4, -0.2) is 26.4 Å². The van der Waals surface area contributed by atoms with Gasteiger partial charge in [-0.3, -0.25) is 4.79 Å². The Bertz CT molecular complexity index is 684. The van der Waals surface area contributed by atoms with Crippen LogP contribution in [0.1, 0.15) is 30.0 Å². The van der Waals surface area contributed by atoms with E-state index in [0.29, 0.717) is 11.0 Å². The van der Waals surface area contributed by atoms with Crippen LogP contribution in [0.5, 0.6) is 5.75 Å². The van der Waals surface area contributed by atoms with E-state index in [9.17, 15) is 4.79 Å². The third-order valence-electron chi connectivity index (χ3n) is 3.21. The van der Waals surface area contributed by atoms with Gasteiger partial charge < -0.3 is 15.0 Å². The summed E-state index contributed by atoms with van der Waals surface area (Å²) in [5, 5.41) is 8.87. The molecule has 0 saturated carbocycles. The predicted molar refractivity (Wildman–Crippen MR) is 85.9 cm³/mol. The van der Waals surface area contributed by atoms with Crippen LogP contribution in [0.15, 0.2) is 23.4 Å². The number of nitrogens with two attached hydrogens (primary N) is 1. The summed E-state index contributed by atoms with van der Waals surface area (Å²) in [7, 11) is 1.85. The maximum Gasteiger partial charge on any atom is 0.227 e. The first-order chi connectivity index (χ1) is 10.4. The monoisotopic (exact) mass is 320 g/mol. The first-order valence-electron chi connectivity index (χ1n) is 6.92. The van der Waals surface area contributed by atoms with Crippen molar-refractivity contribution in [3.8, 4) is 5.75 Å². The lowest BCUT2D eigenvalue weighted by molar-refractivity contribution is -0.115. The Morgan fingerprint density at radius 2 is 2.14 bits per heavy atom. The van der Waals surface area contributed by atoms with Gasteiger partial charge in [0.05, 0.1) is 5.75 Å². The summed E-state index contributed by atoms with van der Waals surface area (Å²) in [6, 6.07) is 6.05. The minimum absolute atomic E-state index is 0.179. The number of aryl methyl sites for hydroxylation is 2. The van der Waals surface area contributed by atoms with Crippen LogP contribution in [0.25, 0.3) is 0 Å². The summed E-state index contributed by atoms with van der Waals surface area (Å²) in [5.74, 6) is 1.33. The van der Waals surface area contributed by atoms with Gasteiger partial charge in [-0.1, -0.05) is 29.5 Å². The highest BCUT2D eigenvalue weighted by Gasteiger charge is 2.18. The lowest BCUT2D eigenvalue weighted by Gasteiger charge is -2.16. The number of ether oxygens (including phenoxy) is 1. The summed E-state index contributed by atoms with van der Waals surface area (Å²) in [6.45, 7) is 5.98. The van der Waals surface area contributed by atoms with Gasteiger partial charge in [-0.05, 0) is 32.4 Å². The smallest absolute Gasteiger partial charge is 0.227 e. The average molecular weight is 320 g/mol. The molecule has 1 atom stereocenters. The van der Waals surface area contributed by atoms with Gasteiger partial charge in [-0.25, -0.2) is 0 Å². The molecular weight excluding hydrogens is 300 g/mol. The Morgan fingerprint density at radius 3 is 2.77 bits per heavy atom. The van der Waals surface area contributed by atoms with Crippen LogP contribution in [0.2, 0.25) is 0 Å². The number of hydrogen-bond donors (Lipinski definition) is 1. The highest BCUT2D eigenvalue weighted by molar-refractivity contribution is 7.99. The second-order valence-electron chi connectivity index (χ2n) is 5.18. The van der Waals surface area contributed by atoms with Gasteiger partial charge in [0.2, 0.25) is 5.91 Å². The molecule has 1 aromatic heterocycles. The predicted octanol–water partition coefficient (Wildman–Crippen LogP) is 2.15. The van der Waals surface area contributed by atoms with Crippen LogP contribution in [0.4, 0.5) is 0 Å². The molecule has 0 aliphatic carbocycles. The van der Waals surface area contributed by atoms with Crippen LogP contribution in [-0.2, 0) is 11.8 Å². The third kappa shape index (κ3) is 3.79. The maximum absolute atomic E-state index is 10.8. The molecule has 0 aliphatic heterocycles. The number of rotatable bonds is 6. The largest absolute Gasteiger partial charge is 0.482 e. The van der Waals surface area contributed by atoms with E-state index in [2.05, 4.69) is 16.3 Å². The van der Waals surface area contributed by atoms with Gasteiger partial charge in [-0.2, -0.15) is 0 Å². The van der Waals surface area contributed by atoms with Crippen LogP contribution in [0, 0.1) is 13.8 Å². The Morgan fingerprint density at radius 1 is 1.41 bits per heavy atom. The quantitative estimate of drug-likeness (QED) is 0.825. The van der Waals surface area contributed by atoms with E-state index in [0.717, 1.165) is 11.3 Å². The van der Waals surface area contributed by atoms with E-state index in [1.165, 1.54) is 17.3 Å². The van der Waals surface area contributed by atoms with Crippen molar-refractivity contribution < 1.29 is 9.53 Å². The van der Waals surface area contributed by atoms with Crippen LogP contribution in [0.3, 0.4) is 0 Å². The van der Waals surface area contributed by atoms with Gasteiger partial charge >= 0.3 is 0 Å². The highest BCUT2D eigenvalue weighted by atomic mass is 32.2. The van der Waals surface area contributed by atoms with Gasteiger partial charge in [0.25, 0.3) is 0 Å². The second kappa shape index (κ2) is 6.83.